The molecule has 0 bridgehead atoms. The van der Waals surface area contributed by atoms with Crippen LogP contribution in [0.1, 0.15) is 37.3 Å². The Morgan fingerprint density at radius 3 is 2.65 bits per heavy atom. The predicted octanol–water partition coefficient (Wildman–Crippen LogP) is 3.56. The Balaban J connectivity index is 2.13. The Morgan fingerprint density at radius 1 is 1.29 bits per heavy atom. The minimum atomic E-state index is -0.121. The second-order valence-corrected chi connectivity index (χ2v) is 5.39. The molecule has 2 N–H and O–H groups in total. The highest BCUT2D eigenvalue weighted by Gasteiger charge is 2.21. The standard InChI is InChI=1S/C13H17Cl2NO/c14-9-5-6-12(15)11(7-9)13(8-17)16-10-3-1-2-4-10/h5-7,10,13,16-17H,1-4,8H2. The summed E-state index contributed by atoms with van der Waals surface area (Å²) in [6, 6.07) is 5.73. The normalized spacial score (nSPS) is 18.5. The molecule has 1 aromatic rings. The molecule has 0 heterocycles. The fourth-order valence-electron chi connectivity index (χ4n) is 2.40. The quantitative estimate of drug-likeness (QED) is 0.879. The summed E-state index contributed by atoms with van der Waals surface area (Å²) >= 11 is 12.1. The molecule has 0 spiro atoms. The maximum atomic E-state index is 9.49. The van der Waals surface area contributed by atoms with Crippen molar-refractivity contribution in [2.75, 3.05) is 6.61 Å². The molecule has 1 fully saturated rings. The van der Waals surface area contributed by atoms with Crippen molar-refractivity contribution in [3.63, 3.8) is 0 Å². The highest BCUT2D eigenvalue weighted by Crippen LogP contribution is 2.28. The SMILES string of the molecule is OCC(NC1CCCC1)c1cc(Cl)ccc1Cl. The molecular weight excluding hydrogens is 257 g/mol. The van der Waals surface area contributed by atoms with Gasteiger partial charge < -0.3 is 10.4 Å². The van der Waals surface area contributed by atoms with Crippen LogP contribution in [0.5, 0.6) is 0 Å². The number of benzene rings is 1. The number of aliphatic hydroxyl groups excluding tert-OH is 1. The Morgan fingerprint density at radius 2 is 2.00 bits per heavy atom. The highest BCUT2D eigenvalue weighted by atomic mass is 35.5. The molecule has 0 radical (unpaired) electrons. The first-order valence-corrected chi connectivity index (χ1v) is 6.78. The van der Waals surface area contributed by atoms with Gasteiger partial charge in [-0.15, -0.1) is 0 Å². The molecular formula is C13H17Cl2NO. The number of aliphatic hydroxyl groups is 1. The Bertz CT molecular complexity index is 378. The molecule has 1 aromatic carbocycles. The molecule has 0 saturated heterocycles. The van der Waals surface area contributed by atoms with Gasteiger partial charge in [0.2, 0.25) is 0 Å². The Labute approximate surface area is 112 Å². The van der Waals surface area contributed by atoms with Gasteiger partial charge in [-0.1, -0.05) is 36.0 Å². The van der Waals surface area contributed by atoms with Crippen LogP contribution >= 0.6 is 23.2 Å². The van der Waals surface area contributed by atoms with Crippen molar-refractivity contribution >= 4 is 23.2 Å². The van der Waals surface area contributed by atoms with E-state index in [4.69, 9.17) is 23.2 Å². The summed E-state index contributed by atoms with van der Waals surface area (Å²) in [6.07, 6.45) is 4.88. The van der Waals surface area contributed by atoms with E-state index < -0.39 is 0 Å². The zero-order valence-electron chi connectivity index (χ0n) is 9.63. The van der Waals surface area contributed by atoms with Crippen molar-refractivity contribution in [3.8, 4) is 0 Å². The third kappa shape index (κ3) is 3.35. The molecule has 1 unspecified atom stereocenters. The molecule has 2 nitrogen and oxygen atoms in total. The van der Waals surface area contributed by atoms with E-state index >= 15 is 0 Å². The molecule has 94 valence electrons. The van der Waals surface area contributed by atoms with Crippen LogP contribution in [0.2, 0.25) is 10.0 Å². The minimum absolute atomic E-state index is 0.0383. The lowest BCUT2D eigenvalue weighted by Gasteiger charge is -2.22. The largest absolute Gasteiger partial charge is 0.394 e. The Hall–Kier alpha value is -0.280. The zero-order chi connectivity index (χ0) is 12.3. The van der Waals surface area contributed by atoms with E-state index in [0.717, 1.165) is 5.56 Å². The van der Waals surface area contributed by atoms with E-state index in [0.29, 0.717) is 16.1 Å². The first kappa shape index (κ1) is 13.2. The van der Waals surface area contributed by atoms with Crippen LogP contribution in [-0.4, -0.2) is 17.8 Å². The lowest BCUT2D eigenvalue weighted by atomic mass is 10.1. The zero-order valence-corrected chi connectivity index (χ0v) is 11.1. The maximum Gasteiger partial charge on any atom is 0.0627 e. The average molecular weight is 274 g/mol. The van der Waals surface area contributed by atoms with Gasteiger partial charge in [-0.05, 0) is 36.6 Å². The summed E-state index contributed by atoms with van der Waals surface area (Å²) in [6.45, 7) is 0.0383. The number of rotatable bonds is 4. The maximum absolute atomic E-state index is 9.49. The number of nitrogens with one attached hydrogen (secondary N) is 1. The van der Waals surface area contributed by atoms with Gasteiger partial charge in [0.25, 0.3) is 0 Å². The smallest absolute Gasteiger partial charge is 0.0627 e. The van der Waals surface area contributed by atoms with Crippen molar-refractivity contribution < 1.29 is 5.11 Å². The molecule has 4 heteroatoms. The van der Waals surface area contributed by atoms with Crippen molar-refractivity contribution in [1.29, 1.82) is 0 Å². The fourth-order valence-corrected chi connectivity index (χ4v) is 2.83. The number of halogens is 2. The van der Waals surface area contributed by atoms with Gasteiger partial charge in [0.05, 0.1) is 12.6 Å². The van der Waals surface area contributed by atoms with E-state index in [9.17, 15) is 5.11 Å². The van der Waals surface area contributed by atoms with E-state index in [2.05, 4.69) is 5.32 Å². The molecule has 1 atom stereocenters. The molecule has 17 heavy (non-hydrogen) atoms. The lowest BCUT2D eigenvalue weighted by molar-refractivity contribution is 0.233. The Kier molecular flexibility index (Phi) is 4.69. The molecule has 1 aliphatic carbocycles. The summed E-state index contributed by atoms with van der Waals surface area (Å²) in [7, 11) is 0. The summed E-state index contributed by atoms with van der Waals surface area (Å²) in [5.74, 6) is 0. The van der Waals surface area contributed by atoms with Gasteiger partial charge in [0, 0.05) is 16.1 Å². The summed E-state index contributed by atoms with van der Waals surface area (Å²) < 4.78 is 0. The van der Waals surface area contributed by atoms with E-state index in [1.54, 1.807) is 12.1 Å². The van der Waals surface area contributed by atoms with E-state index in [1.165, 1.54) is 25.7 Å². The number of hydrogen-bond acceptors (Lipinski definition) is 2. The highest BCUT2D eigenvalue weighted by molar-refractivity contribution is 6.33. The molecule has 1 aliphatic rings. The minimum Gasteiger partial charge on any atom is -0.394 e. The van der Waals surface area contributed by atoms with Crippen LogP contribution in [0.25, 0.3) is 0 Å². The van der Waals surface area contributed by atoms with Gasteiger partial charge in [0.15, 0.2) is 0 Å². The van der Waals surface area contributed by atoms with Gasteiger partial charge in [0.1, 0.15) is 0 Å². The molecule has 0 aliphatic heterocycles. The topological polar surface area (TPSA) is 32.3 Å². The summed E-state index contributed by atoms with van der Waals surface area (Å²) in [5.41, 5.74) is 0.883. The van der Waals surface area contributed by atoms with E-state index in [-0.39, 0.29) is 12.6 Å². The molecule has 1 saturated carbocycles. The first-order chi connectivity index (χ1) is 8.20. The summed E-state index contributed by atoms with van der Waals surface area (Å²) in [5, 5.41) is 14.2. The van der Waals surface area contributed by atoms with Crippen LogP contribution < -0.4 is 5.32 Å². The lowest BCUT2D eigenvalue weighted by Crippen LogP contribution is -2.32. The second-order valence-electron chi connectivity index (χ2n) is 4.55. The van der Waals surface area contributed by atoms with Gasteiger partial charge in [-0.3, -0.25) is 0 Å². The van der Waals surface area contributed by atoms with Crippen molar-refractivity contribution in [3.05, 3.63) is 33.8 Å². The fraction of sp³-hybridized carbons (Fsp3) is 0.538. The van der Waals surface area contributed by atoms with Crippen molar-refractivity contribution in [2.24, 2.45) is 0 Å². The van der Waals surface area contributed by atoms with Gasteiger partial charge >= 0.3 is 0 Å². The van der Waals surface area contributed by atoms with Crippen molar-refractivity contribution in [2.45, 2.75) is 37.8 Å². The van der Waals surface area contributed by atoms with Crippen LogP contribution in [0.4, 0.5) is 0 Å². The van der Waals surface area contributed by atoms with Crippen LogP contribution in [-0.2, 0) is 0 Å². The van der Waals surface area contributed by atoms with Crippen molar-refractivity contribution in [1.82, 2.24) is 5.32 Å². The molecule has 2 rings (SSSR count). The monoisotopic (exact) mass is 273 g/mol. The van der Waals surface area contributed by atoms with Gasteiger partial charge in [-0.25, -0.2) is 0 Å². The molecule has 0 aromatic heterocycles. The third-order valence-electron chi connectivity index (χ3n) is 3.31. The predicted molar refractivity (Wildman–Crippen MR) is 71.7 cm³/mol. The third-order valence-corrected chi connectivity index (χ3v) is 3.89. The van der Waals surface area contributed by atoms with Crippen LogP contribution in [0.3, 0.4) is 0 Å². The summed E-state index contributed by atoms with van der Waals surface area (Å²) in [4.78, 5) is 0. The van der Waals surface area contributed by atoms with Crippen LogP contribution in [0, 0.1) is 0 Å². The van der Waals surface area contributed by atoms with E-state index in [1.807, 2.05) is 6.07 Å². The van der Waals surface area contributed by atoms with Gasteiger partial charge in [-0.2, -0.15) is 0 Å². The first-order valence-electron chi connectivity index (χ1n) is 6.02. The number of hydrogen-bond donors (Lipinski definition) is 2. The second kappa shape index (κ2) is 6.05. The average Bonchev–Trinajstić information content (AvgIpc) is 2.82. The molecule has 0 amide bonds. The van der Waals surface area contributed by atoms with Crippen LogP contribution in [0.15, 0.2) is 18.2 Å².